The molecule has 29 heavy (non-hydrogen) atoms. The molecule has 1 aromatic carbocycles. The molecule has 1 N–H and O–H groups in total. The van der Waals surface area contributed by atoms with Crippen LogP contribution >= 0.6 is 25.3 Å². The van der Waals surface area contributed by atoms with Crippen molar-refractivity contribution >= 4 is 25.3 Å². The summed E-state index contributed by atoms with van der Waals surface area (Å²) in [5.41, 5.74) is 1.39. The highest BCUT2D eigenvalue weighted by molar-refractivity contribution is 7.80. The smallest absolute Gasteiger partial charge is 0.122 e. The first-order chi connectivity index (χ1) is 14.3. The minimum Gasteiger partial charge on any atom is -0.496 e. The molecule has 0 bridgehead atoms. The lowest BCUT2D eigenvalue weighted by molar-refractivity contribution is 0.204. The summed E-state index contributed by atoms with van der Waals surface area (Å²) in [6, 6.07) is 8.53. The van der Waals surface area contributed by atoms with E-state index in [-0.39, 0.29) is 0 Å². The molecule has 4 nitrogen and oxygen atoms in total. The second-order valence-electron chi connectivity index (χ2n) is 7.96. The Balaban J connectivity index is 1.58. The second kappa shape index (κ2) is 15.4. The number of nitrogens with one attached hydrogen (secondary N) is 1. The lowest BCUT2D eigenvalue weighted by Gasteiger charge is -2.32. The maximum atomic E-state index is 5.56. The van der Waals surface area contributed by atoms with Crippen molar-refractivity contribution in [3.05, 3.63) is 29.8 Å². The third-order valence-corrected chi connectivity index (χ3v) is 6.35. The van der Waals surface area contributed by atoms with Gasteiger partial charge in [0, 0.05) is 37.7 Å². The zero-order valence-corrected chi connectivity index (χ0v) is 20.0. The number of hydrogen-bond donors (Lipinski definition) is 3. The first-order valence-electron chi connectivity index (χ1n) is 11.3. The highest BCUT2D eigenvalue weighted by Crippen LogP contribution is 2.33. The molecule has 0 aromatic heterocycles. The van der Waals surface area contributed by atoms with Gasteiger partial charge in [-0.1, -0.05) is 24.6 Å². The molecule has 0 spiro atoms. The van der Waals surface area contributed by atoms with Crippen LogP contribution in [0.1, 0.15) is 43.6 Å². The van der Waals surface area contributed by atoms with Gasteiger partial charge in [0.2, 0.25) is 0 Å². The summed E-state index contributed by atoms with van der Waals surface area (Å²) in [6.45, 7) is 9.11. The van der Waals surface area contributed by atoms with Crippen LogP contribution in [-0.2, 0) is 0 Å². The van der Waals surface area contributed by atoms with Gasteiger partial charge in [-0.25, -0.2) is 0 Å². The Labute approximate surface area is 189 Å². The number of likely N-dealkylation sites (tertiary alicyclic amines) is 1. The number of benzene rings is 1. The van der Waals surface area contributed by atoms with Crippen LogP contribution in [0.25, 0.3) is 0 Å². The van der Waals surface area contributed by atoms with E-state index in [1.807, 2.05) is 0 Å². The molecule has 1 aliphatic rings. The number of methoxy groups -OCH3 is 1. The summed E-state index contributed by atoms with van der Waals surface area (Å²) in [5.74, 6) is 3.54. The monoisotopic (exact) mass is 439 g/mol. The van der Waals surface area contributed by atoms with E-state index < -0.39 is 0 Å². The number of nitrogens with zero attached hydrogens (tertiary/aromatic N) is 2. The molecule has 0 amide bonds. The van der Waals surface area contributed by atoms with Crippen molar-refractivity contribution in [1.29, 1.82) is 0 Å². The van der Waals surface area contributed by atoms with Crippen LogP contribution in [0.3, 0.4) is 0 Å². The maximum absolute atomic E-state index is 5.56. The largest absolute Gasteiger partial charge is 0.496 e. The van der Waals surface area contributed by atoms with Gasteiger partial charge in [-0.05, 0) is 69.4 Å². The van der Waals surface area contributed by atoms with Gasteiger partial charge in [-0.15, -0.1) is 0 Å². The minimum atomic E-state index is 0.647. The Morgan fingerprint density at radius 3 is 2.52 bits per heavy atom. The summed E-state index contributed by atoms with van der Waals surface area (Å²) < 4.78 is 5.56. The Morgan fingerprint density at radius 2 is 1.79 bits per heavy atom. The predicted molar refractivity (Wildman–Crippen MR) is 132 cm³/mol. The van der Waals surface area contributed by atoms with Crippen LogP contribution < -0.4 is 10.1 Å². The third-order valence-electron chi connectivity index (χ3n) is 5.92. The molecule has 1 aliphatic heterocycles. The fourth-order valence-electron chi connectivity index (χ4n) is 4.24. The standard InChI is InChI=1S/C23H41N3OS2/c1-27-23-8-4-3-7-22(23)21-9-15-25(16-10-21)13-5-2-6-14-26(18-20-29)17-11-24-12-19-28/h3-4,7-8,21,24,28-29H,2,5-6,9-20H2,1H3. The van der Waals surface area contributed by atoms with Crippen LogP contribution in [0, 0.1) is 0 Å². The fourth-order valence-corrected chi connectivity index (χ4v) is 4.68. The zero-order chi connectivity index (χ0) is 20.7. The SMILES string of the molecule is COc1ccccc1C1CCN(CCCCCN(CCS)CCNCCS)CC1. The number of hydrogen-bond acceptors (Lipinski definition) is 6. The van der Waals surface area contributed by atoms with E-state index in [0.29, 0.717) is 5.92 Å². The normalized spacial score (nSPS) is 15.9. The van der Waals surface area contributed by atoms with Crippen LogP contribution in [0.4, 0.5) is 0 Å². The molecule has 0 atom stereocenters. The van der Waals surface area contributed by atoms with Gasteiger partial charge in [0.15, 0.2) is 0 Å². The van der Waals surface area contributed by atoms with Gasteiger partial charge in [-0.3, -0.25) is 0 Å². The number of ether oxygens (including phenoxy) is 1. The molecule has 1 fully saturated rings. The quantitative estimate of drug-likeness (QED) is 0.286. The molecule has 0 aliphatic carbocycles. The average Bonchev–Trinajstić information content (AvgIpc) is 2.76. The summed E-state index contributed by atoms with van der Waals surface area (Å²) in [4.78, 5) is 5.19. The summed E-state index contributed by atoms with van der Waals surface area (Å²) >= 11 is 8.66. The van der Waals surface area contributed by atoms with Crippen molar-refractivity contribution in [2.75, 3.05) is 71.0 Å². The van der Waals surface area contributed by atoms with E-state index in [1.54, 1.807) is 7.11 Å². The molecule has 0 radical (unpaired) electrons. The number of rotatable bonds is 15. The highest BCUT2D eigenvalue weighted by atomic mass is 32.1. The number of thiol groups is 2. The first-order valence-corrected chi connectivity index (χ1v) is 12.5. The van der Waals surface area contributed by atoms with E-state index >= 15 is 0 Å². The van der Waals surface area contributed by atoms with Crippen molar-refractivity contribution in [2.45, 2.75) is 38.0 Å². The number of unbranched alkanes of at least 4 members (excludes halogenated alkanes) is 2. The summed E-state index contributed by atoms with van der Waals surface area (Å²) in [5, 5.41) is 3.43. The van der Waals surface area contributed by atoms with Crippen molar-refractivity contribution in [1.82, 2.24) is 15.1 Å². The molecule has 2 rings (SSSR count). The predicted octanol–water partition coefficient (Wildman–Crippen LogP) is 3.80. The van der Waals surface area contributed by atoms with E-state index in [2.05, 4.69) is 64.6 Å². The van der Waals surface area contributed by atoms with Crippen LogP contribution in [0.15, 0.2) is 24.3 Å². The van der Waals surface area contributed by atoms with E-state index in [0.717, 1.165) is 43.4 Å². The summed E-state index contributed by atoms with van der Waals surface area (Å²) in [6.07, 6.45) is 6.41. The zero-order valence-electron chi connectivity index (χ0n) is 18.2. The van der Waals surface area contributed by atoms with Gasteiger partial charge in [-0.2, -0.15) is 25.3 Å². The van der Waals surface area contributed by atoms with Gasteiger partial charge in [0.25, 0.3) is 0 Å². The third kappa shape index (κ3) is 9.52. The molecule has 1 aromatic rings. The number of piperidine rings is 1. The molecular formula is C23H41N3OS2. The topological polar surface area (TPSA) is 27.7 Å². The van der Waals surface area contributed by atoms with E-state index in [9.17, 15) is 0 Å². The molecular weight excluding hydrogens is 398 g/mol. The molecule has 0 saturated carbocycles. The van der Waals surface area contributed by atoms with E-state index in [4.69, 9.17) is 4.74 Å². The van der Waals surface area contributed by atoms with Crippen molar-refractivity contribution < 1.29 is 4.74 Å². The van der Waals surface area contributed by atoms with Gasteiger partial charge < -0.3 is 19.9 Å². The van der Waals surface area contributed by atoms with Crippen LogP contribution in [0.5, 0.6) is 5.75 Å². The Kier molecular flexibility index (Phi) is 13.2. The van der Waals surface area contributed by atoms with Crippen LogP contribution in [0.2, 0.25) is 0 Å². The Bertz CT molecular complexity index is 539. The first kappa shape index (κ1) is 24.9. The van der Waals surface area contributed by atoms with Crippen molar-refractivity contribution in [3.8, 4) is 5.75 Å². The molecule has 6 heteroatoms. The second-order valence-corrected chi connectivity index (χ2v) is 8.85. The molecule has 166 valence electrons. The fraction of sp³-hybridized carbons (Fsp3) is 0.739. The lowest BCUT2D eigenvalue weighted by atomic mass is 9.88. The maximum Gasteiger partial charge on any atom is 0.122 e. The minimum absolute atomic E-state index is 0.647. The van der Waals surface area contributed by atoms with Gasteiger partial charge in [0.05, 0.1) is 7.11 Å². The highest BCUT2D eigenvalue weighted by Gasteiger charge is 2.22. The van der Waals surface area contributed by atoms with Crippen molar-refractivity contribution in [2.24, 2.45) is 0 Å². The van der Waals surface area contributed by atoms with Gasteiger partial charge in [0.1, 0.15) is 5.75 Å². The molecule has 0 unspecified atom stereocenters. The van der Waals surface area contributed by atoms with E-state index in [1.165, 1.54) is 63.8 Å². The molecule has 1 saturated heterocycles. The average molecular weight is 440 g/mol. The summed E-state index contributed by atoms with van der Waals surface area (Å²) in [7, 11) is 1.78. The van der Waals surface area contributed by atoms with Gasteiger partial charge >= 0.3 is 0 Å². The molecule has 1 heterocycles. The lowest BCUT2D eigenvalue weighted by Crippen LogP contribution is -2.35. The number of para-hydroxylation sites is 1. The van der Waals surface area contributed by atoms with Crippen molar-refractivity contribution in [3.63, 3.8) is 0 Å². The Morgan fingerprint density at radius 1 is 1.00 bits per heavy atom. The van der Waals surface area contributed by atoms with Crippen LogP contribution in [-0.4, -0.2) is 80.8 Å². The Hall–Kier alpha value is -0.400.